The van der Waals surface area contributed by atoms with Crippen LogP contribution in [0.15, 0.2) is 70.0 Å². The zero-order chi connectivity index (χ0) is 26.1. The van der Waals surface area contributed by atoms with Gasteiger partial charge in [-0.05, 0) is 37.6 Å². The standard InChI is InChI=1S/C23H28FN7O4S/c1-15(32)22(8-6-16(7-9-22)20(33)31-12-10-27-11-13-31)23(25)19(24)14-28-21(30-23)29-17-2-4-18(5-3-17)36(26,34)35/h2-8,14,27H,9-13,25H2,1H3,(H2,26,34,35)(H2,28,29,30). The summed E-state index contributed by atoms with van der Waals surface area (Å²) >= 11 is 0. The molecule has 0 spiro atoms. The van der Waals surface area contributed by atoms with Crippen molar-refractivity contribution in [3.05, 3.63) is 60.1 Å². The monoisotopic (exact) mass is 517 g/mol. The highest BCUT2D eigenvalue weighted by molar-refractivity contribution is 7.89. The van der Waals surface area contributed by atoms with Gasteiger partial charge >= 0.3 is 0 Å². The molecular weight excluding hydrogens is 489 g/mol. The van der Waals surface area contributed by atoms with Crippen LogP contribution in [-0.4, -0.2) is 62.8 Å². The number of ketones is 1. The minimum Gasteiger partial charge on any atom is -0.336 e. The van der Waals surface area contributed by atoms with Gasteiger partial charge in [0.15, 0.2) is 11.5 Å². The molecule has 0 aromatic heterocycles. The number of nitrogens with two attached hydrogens (primary N) is 2. The number of Topliss-reactive ketones (excluding diaryl/α,β-unsaturated/α-hetero) is 1. The largest absolute Gasteiger partial charge is 0.336 e. The zero-order valence-corrected chi connectivity index (χ0v) is 20.4. The Balaban J connectivity index is 1.56. The van der Waals surface area contributed by atoms with Crippen LogP contribution in [0.1, 0.15) is 13.3 Å². The van der Waals surface area contributed by atoms with Crippen molar-refractivity contribution in [2.75, 3.05) is 31.5 Å². The van der Waals surface area contributed by atoms with Gasteiger partial charge < -0.3 is 26.6 Å². The number of halogens is 1. The van der Waals surface area contributed by atoms with Crippen molar-refractivity contribution in [2.24, 2.45) is 21.3 Å². The molecule has 2 unspecified atom stereocenters. The molecular formula is C23H28FN7O4S. The molecule has 2 atom stereocenters. The Kier molecular flexibility index (Phi) is 6.84. The van der Waals surface area contributed by atoms with E-state index in [-0.39, 0.29) is 23.2 Å². The molecule has 13 heteroatoms. The molecule has 11 nitrogen and oxygen atoms in total. The van der Waals surface area contributed by atoms with E-state index in [0.29, 0.717) is 37.4 Å². The number of nitrogens with one attached hydrogen (secondary N) is 3. The average molecular weight is 518 g/mol. The number of hydrogen-bond donors (Lipinski definition) is 5. The minimum absolute atomic E-state index is 0.00685. The SMILES string of the molecule is CC(=O)C1(C2(N)NC(Nc3ccc(S(N)(=O)=O)cc3)=NC=C2F)C=CC(C(=O)N2CCNCC2)=CC1. The van der Waals surface area contributed by atoms with Gasteiger partial charge in [-0.25, -0.2) is 22.9 Å². The molecule has 192 valence electrons. The molecule has 0 saturated carbocycles. The van der Waals surface area contributed by atoms with Crippen LogP contribution in [0.25, 0.3) is 0 Å². The number of nitrogens with zero attached hydrogens (tertiary/aromatic N) is 2. The molecule has 4 rings (SSSR count). The van der Waals surface area contributed by atoms with Crippen LogP contribution >= 0.6 is 0 Å². The molecule has 1 aromatic rings. The van der Waals surface area contributed by atoms with Gasteiger partial charge in [-0.2, -0.15) is 0 Å². The fraction of sp³-hybridized carbons (Fsp3) is 0.348. The first-order valence-corrected chi connectivity index (χ1v) is 12.8. The molecule has 0 bridgehead atoms. The molecule has 0 radical (unpaired) electrons. The predicted octanol–water partition coefficient (Wildman–Crippen LogP) is 0.0645. The van der Waals surface area contributed by atoms with Gasteiger partial charge in [0, 0.05) is 37.4 Å². The van der Waals surface area contributed by atoms with Crippen LogP contribution in [0.2, 0.25) is 0 Å². The van der Waals surface area contributed by atoms with Crippen molar-refractivity contribution in [1.29, 1.82) is 0 Å². The van der Waals surface area contributed by atoms with Gasteiger partial charge in [0.1, 0.15) is 5.78 Å². The molecule has 1 saturated heterocycles. The topological polar surface area (TPSA) is 172 Å². The van der Waals surface area contributed by atoms with Gasteiger partial charge in [-0.3, -0.25) is 9.59 Å². The summed E-state index contributed by atoms with van der Waals surface area (Å²) in [7, 11) is -3.86. The van der Waals surface area contributed by atoms with Crippen LogP contribution in [0.5, 0.6) is 0 Å². The molecule has 1 fully saturated rings. The Morgan fingerprint density at radius 3 is 2.42 bits per heavy atom. The zero-order valence-electron chi connectivity index (χ0n) is 19.6. The Labute approximate surface area is 208 Å². The molecule has 36 heavy (non-hydrogen) atoms. The van der Waals surface area contributed by atoms with Crippen molar-refractivity contribution >= 4 is 33.4 Å². The third kappa shape index (κ3) is 4.69. The maximum Gasteiger partial charge on any atom is 0.253 e. The number of allylic oxidation sites excluding steroid dienone is 1. The first kappa shape index (κ1) is 25.7. The van der Waals surface area contributed by atoms with Crippen LogP contribution in [-0.2, 0) is 19.6 Å². The van der Waals surface area contributed by atoms with Gasteiger partial charge in [0.2, 0.25) is 16.0 Å². The summed E-state index contributed by atoms with van der Waals surface area (Å²) < 4.78 is 38.2. The lowest BCUT2D eigenvalue weighted by Crippen LogP contribution is -2.70. The van der Waals surface area contributed by atoms with E-state index in [1.807, 2.05) is 0 Å². The van der Waals surface area contributed by atoms with E-state index in [2.05, 4.69) is 20.9 Å². The van der Waals surface area contributed by atoms with Crippen LogP contribution in [0.4, 0.5) is 10.1 Å². The second kappa shape index (κ2) is 9.58. The number of amides is 1. The molecule has 2 heterocycles. The number of hydrogen-bond acceptors (Lipinski definition) is 9. The van der Waals surface area contributed by atoms with Gasteiger partial charge in [0.25, 0.3) is 5.91 Å². The lowest BCUT2D eigenvalue weighted by Gasteiger charge is -2.46. The second-order valence-electron chi connectivity index (χ2n) is 8.85. The summed E-state index contributed by atoms with van der Waals surface area (Å²) in [5.74, 6) is -1.37. The van der Waals surface area contributed by atoms with E-state index >= 15 is 4.39 Å². The van der Waals surface area contributed by atoms with Crippen molar-refractivity contribution in [3.63, 3.8) is 0 Å². The van der Waals surface area contributed by atoms with E-state index in [0.717, 1.165) is 6.20 Å². The van der Waals surface area contributed by atoms with Gasteiger partial charge in [-0.15, -0.1) is 0 Å². The molecule has 7 N–H and O–H groups in total. The van der Waals surface area contributed by atoms with Crippen LogP contribution < -0.4 is 26.8 Å². The minimum atomic E-state index is -3.86. The first-order valence-electron chi connectivity index (χ1n) is 11.3. The predicted molar refractivity (Wildman–Crippen MR) is 133 cm³/mol. The summed E-state index contributed by atoms with van der Waals surface area (Å²) in [4.78, 5) is 31.4. The van der Waals surface area contributed by atoms with E-state index in [1.54, 1.807) is 11.0 Å². The molecule has 2 aliphatic heterocycles. The number of carbonyl (C=O) groups excluding carboxylic acids is 2. The molecule has 1 amide bonds. The first-order chi connectivity index (χ1) is 17.0. The Morgan fingerprint density at radius 1 is 1.19 bits per heavy atom. The lowest BCUT2D eigenvalue weighted by molar-refractivity contribution is -0.129. The molecule has 3 aliphatic rings. The Bertz CT molecular complexity index is 1300. The van der Waals surface area contributed by atoms with Crippen LogP contribution in [0, 0.1) is 5.41 Å². The van der Waals surface area contributed by atoms with E-state index in [1.165, 1.54) is 43.3 Å². The Morgan fingerprint density at radius 2 is 1.86 bits per heavy atom. The number of aliphatic imine (C=N–C) groups is 1. The summed E-state index contributed by atoms with van der Waals surface area (Å²) in [6.07, 6.45) is 5.52. The number of guanidine groups is 1. The summed E-state index contributed by atoms with van der Waals surface area (Å²) in [6, 6.07) is 5.51. The number of carbonyl (C=O) groups is 2. The number of sulfonamides is 1. The third-order valence-corrected chi connectivity index (χ3v) is 7.55. The number of anilines is 1. The molecule has 1 aliphatic carbocycles. The van der Waals surface area contributed by atoms with Gasteiger partial charge in [-0.1, -0.05) is 18.2 Å². The summed E-state index contributed by atoms with van der Waals surface area (Å²) in [5.41, 5.74) is 3.83. The fourth-order valence-electron chi connectivity index (χ4n) is 4.43. The number of piperazine rings is 1. The number of benzene rings is 1. The summed E-state index contributed by atoms with van der Waals surface area (Å²) in [6.45, 7) is 3.87. The smallest absolute Gasteiger partial charge is 0.253 e. The van der Waals surface area contributed by atoms with Crippen molar-refractivity contribution in [3.8, 4) is 0 Å². The number of rotatable bonds is 5. The quantitative estimate of drug-likeness (QED) is 0.365. The number of primary sulfonamides is 1. The Hall–Kier alpha value is -3.39. The van der Waals surface area contributed by atoms with Crippen molar-refractivity contribution < 1.29 is 22.4 Å². The van der Waals surface area contributed by atoms with E-state index in [4.69, 9.17) is 10.9 Å². The third-order valence-electron chi connectivity index (χ3n) is 6.62. The lowest BCUT2D eigenvalue weighted by atomic mass is 9.66. The molecule has 1 aromatic carbocycles. The highest BCUT2D eigenvalue weighted by Gasteiger charge is 2.56. The van der Waals surface area contributed by atoms with Crippen molar-refractivity contribution in [1.82, 2.24) is 15.5 Å². The van der Waals surface area contributed by atoms with Crippen LogP contribution in [0.3, 0.4) is 0 Å². The van der Waals surface area contributed by atoms with Gasteiger partial charge in [0.05, 0.1) is 16.5 Å². The van der Waals surface area contributed by atoms with E-state index in [9.17, 15) is 18.0 Å². The van der Waals surface area contributed by atoms with Crippen molar-refractivity contribution in [2.45, 2.75) is 23.9 Å². The highest BCUT2D eigenvalue weighted by atomic mass is 32.2. The maximum atomic E-state index is 15.2. The normalized spacial score (nSPS) is 26.3. The average Bonchev–Trinajstić information content (AvgIpc) is 2.86. The fourth-order valence-corrected chi connectivity index (χ4v) is 4.95. The maximum absolute atomic E-state index is 15.2. The summed E-state index contributed by atoms with van der Waals surface area (Å²) in [5, 5.41) is 14.0. The second-order valence-corrected chi connectivity index (χ2v) is 10.4. The van der Waals surface area contributed by atoms with E-state index < -0.39 is 32.7 Å². The highest BCUT2D eigenvalue weighted by Crippen LogP contribution is 2.43.